The molecule has 0 aliphatic heterocycles. The zero-order chi connectivity index (χ0) is 14.8. The molecule has 2 aromatic rings. The maximum Gasteiger partial charge on any atom is 0.176 e. The fraction of sp³-hybridized carbons (Fsp3) is 0.0588. The van der Waals surface area contributed by atoms with Gasteiger partial charge in [-0.15, -0.1) is 0 Å². The zero-order valence-electron chi connectivity index (χ0n) is 11.1. The lowest BCUT2D eigenvalue weighted by atomic mass is 9.92. The summed E-state index contributed by atoms with van der Waals surface area (Å²) in [7, 11) is 0. The molecule has 0 spiro atoms. The molecule has 4 nitrogen and oxygen atoms in total. The molecule has 0 fully saturated rings. The van der Waals surface area contributed by atoms with Gasteiger partial charge >= 0.3 is 0 Å². The van der Waals surface area contributed by atoms with E-state index in [0.29, 0.717) is 11.1 Å². The molecular formula is C17H12NO3-. The summed E-state index contributed by atoms with van der Waals surface area (Å²) in [4.78, 5) is 12.6. The third kappa shape index (κ3) is 2.10. The Morgan fingerprint density at radius 3 is 2.10 bits per heavy atom. The minimum atomic E-state index is -0.834. The maximum absolute atomic E-state index is 12.6. The molecule has 1 aliphatic carbocycles. The number of carbonyl (C=O) groups is 1. The van der Waals surface area contributed by atoms with Crippen molar-refractivity contribution >= 4 is 17.1 Å². The molecule has 0 radical (unpaired) electrons. The van der Waals surface area contributed by atoms with E-state index in [1.54, 1.807) is 48.5 Å². The third-order valence-corrected chi connectivity index (χ3v) is 3.54. The van der Waals surface area contributed by atoms with Crippen molar-refractivity contribution in [1.29, 1.82) is 0 Å². The highest BCUT2D eigenvalue weighted by Gasteiger charge is 2.36. The van der Waals surface area contributed by atoms with Crippen LogP contribution in [-0.4, -0.2) is 16.7 Å². The normalized spacial score (nSPS) is 20.3. The van der Waals surface area contributed by atoms with Crippen LogP contribution in [-0.2, 0) is 4.79 Å². The van der Waals surface area contributed by atoms with Gasteiger partial charge in [0.25, 0.3) is 0 Å². The van der Waals surface area contributed by atoms with Crippen molar-refractivity contribution in [3.8, 4) is 0 Å². The Morgan fingerprint density at radius 1 is 0.952 bits per heavy atom. The largest absolute Gasteiger partial charge is 0.871 e. The summed E-state index contributed by atoms with van der Waals surface area (Å²) >= 11 is 0. The lowest BCUT2D eigenvalue weighted by Gasteiger charge is -2.13. The first-order valence-electron chi connectivity index (χ1n) is 6.52. The summed E-state index contributed by atoms with van der Waals surface area (Å²) in [6.45, 7) is 0. The average molecular weight is 278 g/mol. The van der Waals surface area contributed by atoms with Crippen LogP contribution in [0.3, 0.4) is 0 Å². The molecule has 4 heteroatoms. The molecule has 21 heavy (non-hydrogen) atoms. The van der Waals surface area contributed by atoms with Gasteiger partial charge in [0.2, 0.25) is 0 Å². The second-order valence-corrected chi connectivity index (χ2v) is 4.76. The number of hydrogen-bond donors (Lipinski definition) is 1. The first kappa shape index (κ1) is 13.1. The number of ketones is 1. The molecule has 0 saturated carbocycles. The van der Waals surface area contributed by atoms with Crippen molar-refractivity contribution in [2.45, 2.75) is 5.92 Å². The highest BCUT2D eigenvalue weighted by Crippen LogP contribution is 2.36. The highest BCUT2D eigenvalue weighted by atomic mass is 16.4. The molecule has 3 rings (SSSR count). The monoisotopic (exact) mass is 278 g/mol. The topological polar surface area (TPSA) is 72.7 Å². The standard InChI is InChI=1S/C17H13NO3/c19-16-13(11-7-3-1-4-8-11)15(18-21)17(20)14(16)12-9-5-2-6-10-12/h1-10,13,20-21H/p-1/b18-15+. The van der Waals surface area contributed by atoms with Crippen LogP contribution in [0.25, 0.3) is 5.57 Å². The minimum absolute atomic E-state index is 0.0808. The summed E-state index contributed by atoms with van der Waals surface area (Å²) in [5.41, 5.74) is 1.16. The summed E-state index contributed by atoms with van der Waals surface area (Å²) in [6, 6.07) is 17.6. The quantitative estimate of drug-likeness (QED) is 0.674. The van der Waals surface area contributed by atoms with Crippen LogP contribution in [0.5, 0.6) is 0 Å². The lowest BCUT2D eigenvalue weighted by molar-refractivity contribution is -0.288. The molecule has 0 saturated heterocycles. The molecule has 1 unspecified atom stereocenters. The van der Waals surface area contributed by atoms with Crippen LogP contribution in [0.1, 0.15) is 17.0 Å². The van der Waals surface area contributed by atoms with E-state index < -0.39 is 11.7 Å². The first-order chi connectivity index (χ1) is 10.2. The molecule has 1 aliphatic rings. The van der Waals surface area contributed by atoms with Crippen LogP contribution in [0.2, 0.25) is 0 Å². The summed E-state index contributed by atoms with van der Waals surface area (Å²) in [6.07, 6.45) is 0. The van der Waals surface area contributed by atoms with Crippen molar-refractivity contribution in [3.05, 3.63) is 77.5 Å². The highest BCUT2D eigenvalue weighted by molar-refractivity contribution is 6.42. The van der Waals surface area contributed by atoms with Crippen LogP contribution >= 0.6 is 0 Å². The van der Waals surface area contributed by atoms with Crippen molar-refractivity contribution in [3.63, 3.8) is 0 Å². The van der Waals surface area contributed by atoms with Crippen LogP contribution in [0.15, 0.2) is 71.6 Å². The van der Waals surface area contributed by atoms with Gasteiger partial charge < -0.3 is 10.3 Å². The minimum Gasteiger partial charge on any atom is -0.871 e. The Labute approximate surface area is 121 Å². The van der Waals surface area contributed by atoms with E-state index in [-0.39, 0.29) is 17.1 Å². The van der Waals surface area contributed by atoms with Crippen molar-refractivity contribution in [1.82, 2.24) is 0 Å². The number of rotatable bonds is 2. The van der Waals surface area contributed by atoms with Crippen molar-refractivity contribution in [2.75, 3.05) is 0 Å². The van der Waals surface area contributed by atoms with E-state index >= 15 is 0 Å². The van der Waals surface area contributed by atoms with Gasteiger partial charge in [-0.05, 0) is 11.1 Å². The van der Waals surface area contributed by atoms with Gasteiger partial charge in [-0.2, -0.15) is 0 Å². The van der Waals surface area contributed by atoms with E-state index in [9.17, 15) is 9.90 Å². The molecule has 104 valence electrons. The van der Waals surface area contributed by atoms with Gasteiger partial charge in [0.05, 0.1) is 11.6 Å². The van der Waals surface area contributed by atoms with E-state index in [1.807, 2.05) is 12.1 Å². The van der Waals surface area contributed by atoms with E-state index in [4.69, 9.17) is 5.21 Å². The van der Waals surface area contributed by atoms with Gasteiger partial charge in [0, 0.05) is 5.57 Å². The zero-order valence-corrected chi connectivity index (χ0v) is 11.1. The molecule has 0 amide bonds. The number of nitrogens with zero attached hydrogens (tertiary/aromatic N) is 1. The average Bonchev–Trinajstić information content (AvgIpc) is 2.79. The second kappa shape index (κ2) is 5.25. The third-order valence-electron chi connectivity index (χ3n) is 3.54. The van der Waals surface area contributed by atoms with Gasteiger partial charge in [-0.1, -0.05) is 71.6 Å². The van der Waals surface area contributed by atoms with Crippen LogP contribution in [0.4, 0.5) is 0 Å². The van der Waals surface area contributed by atoms with Gasteiger partial charge in [0.1, 0.15) is 0 Å². The molecule has 1 N–H and O–H groups in total. The fourth-order valence-corrected chi connectivity index (χ4v) is 2.58. The number of carbonyl (C=O) groups excluding carboxylic acids is 1. The van der Waals surface area contributed by atoms with E-state index in [0.717, 1.165) is 0 Å². The number of benzene rings is 2. The van der Waals surface area contributed by atoms with Gasteiger partial charge in [0.15, 0.2) is 5.78 Å². The number of allylic oxidation sites excluding steroid dienone is 2. The van der Waals surface area contributed by atoms with E-state index in [1.165, 1.54) is 0 Å². The molecule has 0 heterocycles. The SMILES string of the molecule is O=C1C(c2ccccc2)=C([O-])/C(=N/O)C1c1ccccc1. The first-order valence-corrected chi connectivity index (χ1v) is 6.52. The number of Topliss-reactive ketones (excluding diaryl/α,β-unsaturated/α-hetero) is 1. The Kier molecular flexibility index (Phi) is 3.28. The number of hydrogen-bond acceptors (Lipinski definition) is 4. The summed E-state index contributed by atoms with van der Waals surface area (Å²) in [5.74, 6) is -1.67. The van der Waals surface area contributed by atoms with Crippen LogP contribution in [0, 0.1) is 0 Å². The van der Waals surface area contributed by atoms with Gasteiger partial charge in [-0.25, -0.2) is 0 Å². The van der Waals surface area contributed by atoms with Crippen molar-refractivity contribution < 1.29 is 15.1 Å². The Bertz CT molecular complexity index is 733. The molecule has 0 bridgehead atoms. The fourth-order valence-electron chi connectivity index (χ4n) is 2.58. The van der Waals surface area contributed by atoms with Gasteiger partial charge in [-0.3, -0.25) is 4.79 Å². The Balaban J connectivity index is 2.12. The second-order valence-electron chi connectivity index (χ2n) is 4.76. The summed E-state index contributed by atoms with van der Waals surface area (Å²) in [5, 5.41) is 24.6. The molecular weight excluding hydrogens is 266 g/mol. The predicted molar refractivity (Wildman–Crippen MR) is 76.8 cm³/mol. The van der Waals surface area contributed by atoms with Crippen LogP contribution < -0.4 is 5.11 Å². The molecule has 2 aromatic carbocycles. The lowest BCUT2D eigenvalue weighted by Crippen LogP contribution is -2.19. The van der Waals surface area contributed by atoms with E-state index in [2.05, 4.69) is 5.16 Å². The molecule has 0 aromatic heterocycles. The number of oxime groups is 1. The Morgan fingerprint density at radius 2 is 1.52 bits per heavy atom. The van der Waals surface area contributed by atoms with Crippen molar-refractivity contribution in [2.24, 2.45) is 5.16 Å². The predicted octanol–water partition coefficient (Wildman–Crippen LogP) is 1.95. The molecule has 1 atom stereocenters. The smallest absolute Gasteiger partial charge is 0.176 e. The Hall–Kier alpha value is -2.88. The summed E-state index contributed by atoms with van der Waals surface area (Å²) < 4.78 is 0. The maximum atomic E-state index is 12.6.